The summed E-state index contributed by atoms with van der Waals surface area (Å²) in [7, 11) is 4.71. The van der Waals surface area contributed by atoms with E-state index in [0.717, 1.165) is 0 Å². The van der Waals surface area contributed by atoms with Gasteiger partial charge in [-0.2, -0.15) is 0 Å². The number of nitrogens with one attached hydrogen (secondary N) is 1. The van der Waals surface area contributed by atoms with Gasteiger partial charge in [0.25, 0.3) is 5.91 Å². The molecule has 6 nitrogen and oxygen atoms in total. The Morgan fingerprint density at radius 3 is 2.65 bits per heavy atom. The minimum absolute atomic E-state index is 0.200. The first-order valence-electron chi connectivity index (χ1n) is 6.47. The zero-order chi connectivity index (χ0) is 14.7. The van der Waals surface area contributed by atoms with Gasteiger partial charge >= 0.3 is 0 Å². The molecule has 1 aliphatic rings. The van der Waals surface area contributed by atoms with Crippen molar-refractivity contribution in [2.75, 3.05) is 34.4 Å². The molecule has 110 valence electrons. The second kappa shape index (κ2) is 6.11. The van der Waals surface area contributed by atoms with Crippen molar-refractivity contribution in [2.45, 2.75) is 12.1 Å². The number of methoxy groups -OCH3 is 2. The normalized spacial score (nSPS) is 21.6. The number of amides is 1. The average Bonchev–Trinajstić information content (AvgIpc) is 2.90. The molecule has 0 radical (unpaired) electrons. The topological polar surface area (TPSA) is 71.0 Å². The van der Waals surface area contributed by atoms with Gasteiger partial charge in [0.2, 0.25) is 0 Å². The van der Waals surface area contributed by atoms with Crippen LogP contribution >= 0.6 is 0 Å². The van der Waals surface area contributed by atoms with Crippen LogP contribution in [0.2, 0.25) is 0 Å². The highest BCUT2D eigenvalue weighted by atomic mass is 16.5. The molecule has 0 aliphatic carbocycles. The molecule has 0 saturated carbocycles. The summed E-state index contributed by atoms with van der Waals surface area (Å²) in [6.45, 7) is 1.08. The first kappa shape index (κ1) is 14.6. The van der Waals surface area contributed by atoms with E-state index in [4.69, 9.17) is 9.47 Å². The average molecular weight is 280 g/mol. The molecule has 1 fully saturated rings. The minimum Gasteiger partial charge on any atom is -0.493 e. The summed E-state index contributed by atoms with van der Waals surface area (Å²) >= 11 is 0. The van der Waals surface area contributed by atoms with Crippen molar-refractivity contribution in [3.05, 3.63) is 23.8 Å². The minimum atomic E-state index is -0.555. The number of aliphatic hydroxyl groups is 1. The molecule has 0 unspecified atom stereocenters. The summed E-state index contributed by atoms with van der Waals surface area (Å²) in [5.74, 6) is 0.720. The molecular weight excluding hydrogens is 260 g/mol. The van der Waals surface area contributed by atoms with E-state index < -0.39 is 6.10 Å². The van der Waals surface area contributed by atoms with Crippen LogP contribution in [0.1, 0.15) is 10.4 Å². The molecule has 20 heavy (non-hydrogen) atoms. The highest BCUT2D eigenvalue weighted by molar-refractivity contribution is 5.98. The van der Waals surface area contributed by atoms with Crippen LogP contribution in [-0.4, -0.2) is 62.4 Å². The van der Waals surface area contributed by atoms with Crippen LogP contribution in [0.3, 0.4) is 0 Å². The zero-order valence-corrected chi connectivity index (χ0v) is 11.9. The molecule has 1 heterocycles. The summed E-state index contributed by atoms with van der Waals surface area (Å²) in [6.07, 6.45) is -0.555. The number of carbonyl (C=O) groups excluding carboxylic acids is 1. The maximum absolute atomic E-state index is 12.6. The Kier molecular flexibility index (Phi) is 4.46. The number of para-hydroxylation sites is 1. The Morgan fingerprint density at radius 2 is 2.10 bits per heavy atom. The Balaban J connectivity index is 2.28. The van der Waals surface area contributed by atoms with Gasteiger partial charge in [0, 0.05) is 20.1 Å². The summed E-state index contributed by atoms with van der Waals surface area (Å²) in [5.41, 5.74) is 0.424. The quantitative estimate of drug-likeness (QED) is 0.819. The molecule has 0 aromatic heterocycles. The molecule has 0 bridgehead atoms. The number of nitrogens with zero attached hydrogens (tertiary/aromatic N) is 1. The highest BCUT2D eigenvalue weighted by Crippen LogP contribution is 2.31. The van der Waals surface area contributed by atoms with Crippen LogP contribution in [0, 0.1) is 0 Å². The lowest BCUT2D eigenvalue weighted by Crippen LogP contribution is -2.44. The first-order chi connectivity index (χ1) is 9.60. The smallest absolute Gasteiger partial charge is 0.257 e. The van der Waals surface area contributed by atoms with E-state index in [1.165, 1.54) is 14.2 Å². The van der Waals surface area contributed by atoms with E-state index in [0.29, 0.717) is 30.2 Å². The Hall–Kier alpha value is -1.79. The number of carbonyl (C=O) groups is 1. The van der Waals surface area contributed by atoms with Crippen LogP contribution < -0.4 is 14.8 Å². The fourth-order valence-electron chi connectivity index (χ4n) is 2.44. The largest absolute Gasteiger partial charge is 0.493 e. The van der Waals surface area contributed by atoms with Crippen molar-refractivity contribution in [2.24, 2.45) is 0 Å². The summed E-state index contributed by atoms with van der Waals surface area (Å²) in [4.78, 5) is 14.1. The summed E-state index contributed by atoms with van der Waals surface area (Å²) < 4.78 is 10.5. The van der Waals surface area contributed by atoms with Crippen LogP contribution in [-0.2, 0) is 0 Å². The molecule has 2 N–H and O–H groups in total. The molecule has 1 aliphatic heterocycles. The maximum atomic E-state index is 12.6. The van der Waals surface area contributed by atoms with Gasteiger partial charge in [0.05, 0.1) is 31.9 Å². The summed E-state index contributed by atoms with van der Waals surface area (Å²) in [6, 6.07) is 4.93. The molecule has 0 spiro atoms. The molecule has 2 rings (SSSR count). The van der Waals surface area contributed by atoms with Gasteiger partial charge in [-0.15, -0.1) is 0 Å². The molecule has 1 aromatic carbocycles. The van der Waals surface area contributed by atoms with Crippen molar-refractivity contribution in [1.82, 2.24) is 10.2 Å². The number of benzene rings is 1. The SMILES string of the molecule is COc1cccc(C(=O)N(C)[C@H]2CNC[C@@H]2O)c1OC. The molecule has 1 amide bonds. The predicted molar refractivity (Wildman–Crippen MR) is 74.3 cm³/mol. The Morgan fingerprint density at radius 1 is 1.35 bits per heavy atom. The van der Waals surface area contributed by atoms with Gasteiger partial charge in [-0.05, 0) is 12.1 Å². The predicted octanol–water partition coefficient (Wildman–Crippen LogP) is 0.108. The van der Waals surface area contributed by atoms with E-state index in [-0.39, 0.29) is 11.9 Å². The van der Waals surface area contributed by atoms with Gasteiger partial charge in [0.15, 0.2) is 11.5 Å². The first-order valence-corrected chi connectivity index (χ1v) is 6.47. The third-order valence-electron chi connectivity index (χ3n) is 3.60. The van der Waals surface area contributed by atoms with Gasteiger partial charge in [-0.25, -0.2) is 0 Å². The number of hydrogen-bond acceptors (Lipinski definition) is 5. The molecule has 1 aromatic rings. The van der Waals surface area contributed by atoms with Crippen LogP contribution in [0.25, 0.3) is 0 Å². The monoisotopic (exact) mass is 280 g/mol. The van der Waals surface area contributed by atoms with Crippen LogP contribution in [0.5, 0.6) is 11.5 Å². The lowest BCUT2D eigenvalue weighted by atomic mass is 10.1. The Labute approximate surface area is 118 Å². The van der Waals surface area contributed by atoms with E-state index >= 15 is 0 Å². The second-order valence-electron chi connectivity index (χ2n) is 4.75. The lowest BCUT2D eigenvalue weighted by Gasteiger charge is -2.27. The number of ether oxygens (including phenoxy) is 2. The number of hydrogen-bond donors (Lipinski definition) is 2. The number of rotatable bonds is 4. The lowest BCUT2D eigenvalue weighted by molar-refractivity contribution is 0.0577. The number of β-amino-alcohol motifs (C(OH)–C–C–N with tert-alkyl or cyclic N) is 1. The molecular formula is C14H20N2O4. The van der Waals surface area contributed by atoms with Crippen molar-refractivity contribution >= 4 is 5.91 Å². The number of aliphatic hydroxyl groups excluding tert-OH is 1. The van der Waals surface area contributed by atoms with Crippen LogP contribution in [0.4, 0.5) is 0 Å². The van der Waals surface area contributed by atoms with Gasteiger partial charge in [-0.3, -0.25) is 4.79 Å². The van der Waals surface area contributed by atoms with Crippen molar-refractivity contribution < 1.29 is 19.4 Å². The van der Waals surface area contributed by atoms with E-state index in [2.05, 4.69) is 5.32 Å². The van der Waals surface area contributed by atoms with Gasteiger partial charge in [-0.1, -0.05) is 6.07 Å². The van der Waals surface area contributed by atoms with Gasteiger partial charge < -0.3 is 24.8 Å². The standard InChI is InChI=1S/C14H20N2O4/c1-16(10-7-15-8-11(10)17)14(18)9-5-4-6-12(19-2)13(9)20-3/h4-6,10-11,15,17H,7-8H2,1-3H3/t10-,11-/m0/s1. The van der Waals surface area contributed by atoms with Gasteiger partial charge in [0.1, 0.15) is 0 Å². The second-order valence-corrected chi connectivity index (χ2v) is 4.75. The van der Waals surface area contributed by atoms with Crippen molar-refractivity contribution in [3.63, 3.8) is 0 Å². The van der Waals surface area contributed by atoms with Crippen molar-refractivity contribution in [3.8, 4) is 11.5 Å². The fourth-order valence-corrected chi connectivity index (χ4v) is 2.44. The molecule has 6 heteroatoms. The fraction of sp³-hybridized carbons (Fsp3) is 0.500. The zero-order valence-electron chi connectivity index (χ0n) is 11.9. The Bertz CT molecular complexity index is 492. The maximum Gasteiger partial charge on any atom is 0.257 e. The highest BCUT2D eigenvalue weighted by Gasteiger charge is 2.32. The summed E-state index contributed by atoms with van der Waals surface area (Å²) in [5, 5.41) is 12.9. The van der Waals surface area contributed by atoms with E-state index in [1.54, 1.807) is 30.1 Å². The third kappa shape index (κ3) is 2.57. The molecule has 2 atom stereocenters. The van der Waals surface area contributed by atoms with E-state index in [1.807, 2.05) is 0 Å². The van der Waals surface area contributed by atoms with E-state index in [9.17, 15) is 9.90 Å². The molecule has 1 saturated heterocycles. The number of likely N-dealkylation sites (N-methyl/N-ethyl adjacent to an activating group) is 1. The van der Waals surface area contributed by atoms with Crippen LogP contribution in [0.15, 0.2) is 18.2 Å². The van der Waals surface area contributed by atoms with Crippen molar-refractivity contribution in [1.29, 1.82) is 0 Å². The third-order valence-corrected chi connectivity index (χ3v) is 3.60.